The number of rotatable bonds is 8. The molecular formula is C14H19O3. The summed E-state index contributed by atoms with van der Waals surface area (Å²) in [6.07, 6.45) is 4.41. The van der Waals surface area contributed by atoms with E-state index in [0.717, 1.165) is 12.8 Å². The smallest absolute Gasteiger partial charge is 0.344 e. The van der Waals surface area contributed by atoms with Crippen LogP contribution in [0.15, 0.2) is 24.3 Å². The zero-order valence-corrected chi connectivity index (χ0v) is 10.3. The predicted molar refractivity (Wildman–Crippen MR) is 65.9 cm³/mol. The van der Waals surface area contributed by atoms with Gasteiger partial charge in [-0.1, -0.05) is 38.3 Å². The van der Waals surface area contributed by atoms with Crippen molar-refractivity contribution in [2.24, 2.45) is 0 Å². The van der Waals surface area contributed by atoms with Gasteiger partial charge >= 0.3 is 5.97 Å². The standard InChI is InChI=1S/C14H19O3/c1-2-3-4-8-11-16-14(15)12-17-13-9-6-5-7-10-13/h6-7,9-10H,2-4,8,11-12H2,1H3. The topological polar surface area (TPSA) is 35.5 Å². The summed E-state index contributed by atoms with van der Waals surface area (Å²) in [5.41, 5.74) is 0. The lowest BCUT2D eigenvalue weighted by molar-refractivity contribution is -0.146. The number of unbranched alkanes of at least 4 members (excludes halogenated alkanes) is 3. The van der Waals surface area contributed by atoms with E-state index in [4.69, 9.17) is 9.47 Å². The van der Waals surface area contributed by atoms with Gasteiger partial charge in [0.25, 0.3) is 0 Å². The number of ether oxygens (including phenoxy) is 2. The second kappa shape index (κ2) is 8.62. The fourth-order valence-electron chi connectivity index (χ4n) is 1.37. The van der Waals surface area contributed by atoms with Crippen LogP contribution in [0, 0.1) is 6.07 Å². The van der Waals surface area contributed by atoms with Crippen LogP contribution < -0.4 is 4.74 Å². The highest BCUT2D eigenvalue weighted by molar-refractivity contribution is 5.71. The number of hydrogen-bond acceptors (Lipinski definition) is 3. The van der Waals surface area contributed by atoms with Gasteiger partial charge in [0.05, 0.1) is 6.61 Å². The number of carbonyl (C=O) groups is 1. The molecule has 1 aromatic rings. The fourth-order valence-corrected chi connectivity index (χ4v) is 1.37. The number of benzene rings is 1. The zero-order valence-electron chi connectivity index (χ0n) is 10.3. The van der Waals surface area contributed by atoms with E-state index in [-0.39, 0.29) is 12.6 Å². The molecule has 0 amide bonds. The molecule has 0 aliphatic heterocycles. The molecule has 0 bridgehead atoms. The quantitative estimate of drug-likeness (QED) is 0.513. The first-order valence-corrected chi connectivity index (χ1v) is 6.07. The van der Waals surface area contributed by atoms with Crippen LogP contribution in [0.5, 0.6) is 5.75 Å². The van der Waals surface area contributed by atoms with E-state index in [2.05, 4.69) is 13.0 Å². The second-order valence-corrected chi connectivity index (χ2v) is 3.81. The molecule has 0 saturated carbocycles. The second-order valence-electron chi connectivity index (χ2n) is 3.81. The molecule has 0 N–H and O–H groups in total. The molecule has 1 aromatic carbocycles. The van der Waals surface area contributed by atoms with Gasteiger partial charge in [0.15, 0.2) is 6.61 Å². The highest BCUT2D eigenvalue weighted by Crippen LogP contribution is 2.07. The minimum absolute atomic E-state index is 0.0300. The highest BCUT2D eigenvalue weighted by Gasteiger charge is 2.03. The van der Waals surface area contributed by atoms with Crippen molar-refractivity contribution in [2.75, 3.05) is 13.2 Å². The van der Waals surface area contributed by atoms with Crippen molar-refractivity contribution >= 4 is 5.97 Å². The van der Waals surface area contributed by atoms with E-state index in [9.17, 15) is 4.79 Å². The summed E-state index contributed by atoms with van der Waals surface area (Å²) in [7, 11) is 0. The van der Waals surface area contributed by atoms with Gasteiger partial charge in [-0.2, -0.15) is 0 Å². The third-order valence-electron chi connectivity index (χ3n) is 2.31. The van der Waals surface area contributed by atoms with Gasteiger partial charge in [0, 0.05) is 0 Å². The van der Waals surface area contributed by atoms with Crippen LogP contribution in [0.3, 0.4) is 0 Å². The Hall–Kier alpha value is -1.51. The molecule has 0 aliphatic carbocycles. The first-order valence-electron chi connectivity index (χ1n) is 6.07. The Kier molecular flexibility index (Phi) is 6.87. The van der Waals surface area contributed by atoms with E-state index >= 15 is 0 Å². The minimum atomic E-state index is -0.311. The summed E-state index contributed by atoms with van der Waals surface area (Å²) in [6.45, 7) is 2.61. The Morgan fingerprint density at radius 3 is 2.71 bits per heavy atom. The van der Waals surface area contributed by atoms with Crippen molar-refractivity contribution in [3.8, 4) is 5.75 Å². The van der Waals surface area contributed by atoms with E-state index in [1.807, 2.05) is 0 Å². The van der Waals surface area contributed by atoms with E-state index in [1.54, 1.807) is 24.3 Å². The van der Waals surface area contributed by atoms with Crippen LogP contribution in [0.4, 0.5) is 0 Å². The molecular weight excluding hydrogens is 216 g/mol. The number of hydrogen-bond donors (Lipinski definition) is 0. The summed E-state index contributed by atoms with van der Waals surface area (Å²) in [5, 5.41) is 0. The molecule has 0 saturated heterocycles. The molecule has 0 fully saturated rings. The van der Waals surface area contributed by atoms with Crippen molar-refractivity contribution in [3.63, 3.8) is 0 Å². The first-order chi connectivity index (χ1) is 8.33. The number of carbonyl (C=O) groups excluding carboxylic acids is 1. The summed E-state index contributed by atoms with van der Waals surface area (Å²) < 4.78 is 10.3. The van der Waals surface area contributed by atoms with Crippen LogP contribution in [-0.2, 0) is 9.53 Å². The molecule has 0 unspecified atom stereocenters. The van der Waals surface area contributed by atoms with Crippen LogP contribution in [0.1, 0.15) is 32.6 Å². The molecule has 0 heterocycles. The first kappa shape index (κ1) is 13.6. The maximum Gasteiger partial charge on any atom is 0.344 e. The molecule has 0 aromatic heterocycles. The van der Waals surface area contributed by atoms with Crippen LogP contribution in [0.2, 0.25) is 0 Å². The molecule has 3 nitrogen and oxygen atoms in total. The predicted octanol–water partition coefficient (Wildman–Crippen LogP) is 2.99. The van der Waals surface area contributed by atoms with Crippen molar-refractivity contribution in [3.05, 3.63) is 30.3 Å². The van der Waals surface area contributed by atoms with Gasteiger partial charge in [-0.05, 0) is 24.6 Å². The monoisotopic (exact) mass is 235 g/mol. The van der Waals surface area contributed by atoms with Crippen molar-refractivity contribution in [2.45, 2.75) is 32.6 Å². The number of esters is 1. The van der Waals surface area contributed by atoms with Gasteiger partial charge < -0.3 is 9.47 Å². The van der Waals surface area contributed by atoms with E-state index < -0.39 is 0 Å². The average Bonchev–Trinajstić information content (AvgIpc) is 2.37. The molecule has 1 radical (unpaired) electrons. The fraction of sp³-hybridized carbons (Fsp3) is 0.500. The third-order valence-corrected chi connectivity index (χ3v) is 2.31. The molecule has 93 valence electrons. The Bertz CT molecular complexity index is 309. The van der Waals surface area contributed by atoms with Crippen LogP contribution >= 0.6 is 0 Å². The van der Waals surface area contributed by atoms with Crippen molar-refractivity contribution in [1.82, 2.24) is 0 Å². The molecule has 0 atom stereocenters. The van der Waals surface area contributed by atoms with Crippen molar-refractivity contribution < 1.29 is 14.3 Å². The maximum atomic E-state index is 11.3. The summed E-state index contributed by atoms with van der Waals surface area (Å²) in [6, 6.07) is 9.88. The Morgan fingerprint density at radius 2 is 2.00 bits per heavy atom. The lowest BCUT2D eigenvalue weighted by atomic mass is 10.2. The average molecular weight is 235 g/mol. The summed E-state index contributed by atoms with van der Waals surface area (Å²) in [5.74, 6) is 0.348. The van der Waals surface area contributed by atoms with Gasteiger partial charge in [0.2, 0.25) is 0 Å². The Labute approximate surface area is 103 Å². The molecule has 1 rings (SSSR count). The summed E-state index contributed by atoms with van der Waals surface area (Å²) >= 11 is 0. The van der Waals surface area contributed by atoms with Gasteiger partial charge in [-0.3, -0.25) is 0 Å². The summed E-state index contributed by atoms with van der Waals surface area (Å²) in [4.78, 5) is 11.3. The van der Waals surface area contributed by atoms with Crippen LogP contribution in [-0.4, -0.2) is 19.2 Å². The molecule has 3 heteroatoms. The highest BCUT2D eigenvalue weighted by atomic mass is 16.6. The van der Waals surface area contributed by atoms with Crippen molar-refractivity contribution in [1.29, 1.82) is 0 Å². The molecule has 17 heavy (non-hydrogen) atoms. The minimum Gasteiger partial charge on any atom is -0.482 e. The van der Waals surface area contributed by atoms with E-state index in [1.165, 1.54) is 12.8 Å². The maximum absolute atomic E-state index is 11.3. The third kappa shape index (κ3) is 6.61. The van der Waals surface area contributed by atoms with Crippen LogP contribution in [0.25, 0.3) is 0 Å². The Balaban J connectivity index is 2.05. The lowest BCUT2D eigenvalue weighted by Gasteiger charge is -2.06. The van der Waals surface area contributed by atoms with Gasteiger partial charge in [-0.25, -0.2) is 4.79 Å². The zero-order chi connectivity index (χ0) is 12.3. The lowest BCUT2D eigenvalue weighted by Crippen LogP contribution is -2.15. The SMILES string of the molecule is CCCCCCOC(=O)COc1cc[c]cc1. The molecule has 0 aliphatic rings. The largest absolute Gasteiger partial charge is 0.482 e. The Morgan fingerprint density at radius 1 is 1.24 bits per heavy atom. The normalized spacial score (nSPS) is 9.94. The van der Waals surface area contributed by atoms with Gasteiger partial charge in [-0.15, -0.1) is 0 Å². The van der Waals surface area contributed by atoms with Gasteiger partial charge in [0.1, 0.15) is 5.75 Å². The molecule has 0 spiro atoms. The van der Waals surface area contributed by atoms with E-state index in [0.29, 0.717) is 12.4 Å².